The number of esters is 1. The van der Waals surface area contributed by atoms with Crippen LogP contribution < -0.4 is 9.47 Å². The second kappa shape index (κ2) is 11.6. The molecule has 230 valence electrons. The lowest BCUT2D eigenvalue weighted by Crippen LogP contribution is -2.84. The van der Waals surface area contributed by atoms with Crippen LogP contribution in [0.1, 0.15) is 25.3 Å². The van der Waals surface area contributed by atoms with Gasteiger partial charge in [-0.25, -0.2) is 0 Å². The molecule has 0 amide bonds. The quantitative estimate of drug-likeness (QED) is 0.200. The number of allylic oxidation sites excluding steroid dienone is 3. The summed E-state index contributed by atoms with van der Waals surface area (Å²) < 4.78 is 28.9. The Morgan fingerprint density at radius 1 is 1.17 bits per heavy atom. The Morgan fingerprint density at radius 3 is 2.60 bits per heavy atom. The van der Waals surface area contributed by atoms with Gasteiger partial charge in [-0.1, -0.05) is 24.3 Å². The van der Waals surface area contributed by atoms with Gasteiger partial charge in [-0.3, -0.25) is 4.79 Å². The van der Waals surface area contributed by atoms with Crippen LogP contribution in [0.3, 0.4) is 0 Å². The third kappa shape index (κ3) is 4.36. The molecule has 2 heterocycles. The lowest BCUT2D eigenvalue weighted by molar-refractivity contribution is -0.404. The molecule has 1 aliphatic heterocycles. The number of hydrogen-bond acceptors (Lipinski definition) is 12. The summed E-state index contributed by atoms with van der Waals surface area (Å²) in [5, 5.41) is 67.8. The number of fused-ring (bicyclic) bond motifs is 5. The topological polar surface area (TPSA) is 189 Å². The van der Waals surface area contributed by atoms with Crippen LogP contribution in [0.25, 0.3) is 11.0 Å². The maximum Gasteiger partial charge on any atom is 0.306 e. The van der Waals surface area contributed by atoms with Crippen LogP contribution in [0.5, 0.6) is 11.5 Å². The average Bonchev–Trinajstić information content (AvgIpc) is 3.45. The molecule has 1 aromatic heterocycles. The van der Waals surface area contributed by atoms with Gasteiger partial charge in [-0.2, -0.15) is 0 Å². The summed E-state index contributed by atoms with van der Waals surface area (Å²) in [6.45, 7) is 0.0613. The molecule has 0 radical (unpaired) electrons. The summed E-state index contributed by atoms with van der Waals surface area (Å²) in [7, 11) is 1.39. The zero-order chi connectivity index (χ0) is 30.3. The molecule has 1 saturated carbocycles. The lowest BCUT2D eigenvalue weighted by Gasteiger charge is -2.67. The minimum atomic E-state index is -2.48. The number of rotatable bonds is 11. The number of benzene rings is 1. The first kappa shape index (κ1) is 30.5. The van der Waals surface area contributed by atoms with Gasteiger partial charge in [0.1, 0.15) is 17.8 Å². The number of furan rings is 1. The van der Waals surface area contributed by atoms with Gasteiger partial charge in [0, 0.05) is 36.4 Å². The van der Waals surface area contributed by atoms with Crippen molar-refractivity contribution in [1.82, 2.24) is 0 Å². The fraction of sp³-hybridized carbons (Fsp3) is 0.567. The molecule has 12 nitrogen and oxygen atoms in total. The highest BCUT2D eigenvalue weighted by Gasteiger charge is 2.77. The Hall–Kier alpha value is -2.97. The van der Waals surface area contributed by atoms with Crippen molar-refractivity contribution in [1.29, 1.82) is 0 Å². The molecule has 42 heavy (non-hydrogen) atoms. The molecule has 0 spiro atoms. The van der Waals surface area contributed by atoms with E-state index in [1.807, 2.05) is 0 Å². The monoisotopic (exact) mass is 590 g/mol. The Bertz CT molecular complexity index is 1350. The number of ether oxygens (including phenoxy) is 4. The molecular formula is C30H38O12. The summed E-state index contributed by atoms with van der Waals surface area (Å²) in [6, 6.07) is 3.44. The molecule has 2 aliphatic carbocycles. The van der Waals surface area contributed by atoms with Crippen molar-refractivity contribution in [2.45, 2.75) is 55.9 Å². The molecule has 2 bridgehead atoms. The van der Waals surface area contributed by atoms with Crippen molar-refractivity contribution in [3.8, 4) is 11.5 Å². The number of aliphatic hydroxyl groups is 6. The zero-order valence-electron chi connectivity index (χ0n) is 23.5. The lowest BCUT2D eigenvalue weighted by atomic mass is 9.45. The van der Waals surface area contributed by atoms with Crippen LogP contribution in [-0.2, 0) is 20.7 Å². The summed E-state index contributed by atoms with van der Waals surface area (Å²) in [6.07, 6.45) is 2.99. The molecular weight excluding hydrogens is 552 g/mol. The van der Waals surface area contributed by atoms with Crippen molar-refractivity contribution < 1.29 is 58.8 Å². The van der Waals surface area contributed by atoms with Crippen molar-refractivity contribution >= 4 is 16.9 Å². The van der Waals surface area contributed by atoms with Crippen molar-refractivity contribution in [3.63, 3.8) is 0 Å². The molecule has 7 atom stereocenters. The largest absolute Gasteiger partial charge is 0.490 e. The molecule has 6 N–H and O–H groups in total. The third-order valence-corrected chi connectivity index (χ3v) is 9.12. The van der Waals surface area contributed by atoms with Gasteiger partial charge < -0.3 is 54.0 Å². The van der Waals surface area contributed by atoms with E-state index in [1.165, 1.54) is 13.4 Å². The molecule has 0 unspecified atom stereocenters. The molecule has 12 heteroatoms. The number of carbonyl (C=O) groups excluding carboxylic acids is 1. The van der Waals surface area contributed by atoms with Crippen molar-refractivity contribution in [2.75, 3.05) is 33.5 Å². The molecule has 1 saturated heterocycles. The molecule has 5 rings (SSSR count). The highest BCUT2D eigenvalue weighted by Crippen LogP contribution is 2.63. The first-order chi connectivity index (χ1) is 20.2. The van der Waals surface area contributed by atoms with Crippen molar-refractivity contribution in [3.05, 3.63) is 48.3 Å². The fourth-order valence-electron chi connectivity index (χ4n) is 7.10. The average molecular weight is 591 g/mol. The van der Waals surface area contributed by atoms with E-state index in [0.717, 1.165) is 0 Å². The van der Waals surface area contributed by atoms with Crippen LogP contribution in [0.15, 0.2) is 47.1 Å². The van der Waals surface area contributed by atoms with Crippen LogP contribution >= 0.6 is 0 Å². The summed E-state index contributed by atoms with van der Waals surface area (Å²) >= 11 is 0. The molecule has 1 aromatic carbocycles. The van der Waals surface area contributed by atoms with E-state index in [9.17, 15) is 35.4 Å². The van der Waals surface area contributed by atoms with Crippen LogP contribution in [-0.4, -0.2) is 99.8 Å². The maximum absolute atomic E-state index is 12.7. The van der Waals surface area contributed by atoms with E-state index >= 15 is 0 Å². The fourth-order valence-corrected chi connectivity index (χ4v) is 7.10. The Morgan fingerprint density at radius 2 is 1.93 bits per heavy atom. The Labute approximate surface area is 242 Å². The number of aliphatic hydroxyl groups excluding tert-OH is 4. The van der Waals surface area contributed by atoms with E-state index in [0.29, 0.717) is 16.5 Å². The second-order valence-corrected chi connectivity index (χ2v) is 11.1. The van der Waals surface area contributed by atoms with Crippen LogP contribution in [0, 0.1) is 17.3 Å². The van der Waals surface area contributed by atoms with Gasteiger partial charge in [-0.15, -0.1) is 0 Å². The highest BCUT2D eigenvalue weighted by atomic mass is 16.7. The third-order valence-electron chi connectivity index (χ3n) is 9.12. The van der Waals surface area contributed by atoms with E-state index in [-0.39, 0.29) is 37.4 Å². The minimum Gasteiger partial charge on any atom is -0.490 e. The zero-order valence-corrected chi connectivity index (χ0v) is 23.5. The Kier molecular flexibility index (Phi) is 8.42. The SMILES string of the molecule is CCOC(=O)CCc1cc2ccoc2c(OC)c1O[C@H]1O[C@H](CO)[C@]2(O)C[C@H]3C=CC=C[C@@]3(C(CO)CO)[C@]1(O)[C@H]2O. The first-order valence-corrected chi connectivity index (χ1v) is 14.0. The normalized spacial score (nSPS) is 33.5. The number of methoxy groups -OCH3 is 1. The van der Waals surface area contributed by atoms with E-state index < -0.39 is 72.7 Å². The van der Waals surface area contributed by atoms with Gasteiger partial charge >= 0.3 is 5.97 Å². The predicted octanol–water partition coefficient (Wildman–Crippen LogP) is 0.589. The second-order valence-electron chi connectivity index (χ2n) is 11.1. The van der Waals surface area contributed by atoms with Gasteiger partial charge in [0.25, 0.3) is 0 Å². The highest BCUT2D eigenvalue weighted by molar-refractivity contribution is 5.87. The van der Waals surface area contributed by atoms with E-state index in [1.54, 1.807) is 43.4 Å². The van der Waals surface area contributed by atoms with Gasteiger partial charge in [0.05, 0.1) is 26.6 Å². The number of aryl methyl sites for hydroxylation is 1. The predicted molar refractivity (Wildman–Crippen MR) is 146 cm³/mol. The van der Waals surface area contributed by atoms with Gasteiger partial charge in [-0.05, 0) is 43.4 Å². The molecule has 3 aliphatic rings. The first-order valence-electron chi connectivity index (χ1n) is 14.0. The summed E-state index contributed by atoms with van der Waals surface area (Å²) in [5.74, 6) is -1.99. The van der Waals surface area contributed by atoms with Crippen molar-refractivity contribution in [2.24, 2.45) is 17.3 Å². The van der Waals surface area contributed by atoms with Gasteiger partial charge in [0.15, 0.2) is 16.9 Å². The van der Waals surface area contributed by atoms with E-state index in [4.69, 9.17) is 23.4 Å². The van der Waals surface area contributed by atoms with Gasteiger partial charge in [0.2, 0.25) is 12.0 Å². The van der Waals surface area contributed by atoms with E-state index in [2.05, 4.69) is 0 Å². The molecule has 2 fully saturated rings. The Balaban J connectivity index is 1.68. The minimum absolute atomic E-state index is 0.00914. The summed E-state index contributed by atoms with van der Waals surface area (Å²) in [5.41, 5.74) is -5.38. The smallest absolute Gasteiger partial charge is 0.306 e. The maximum atomic E-state index is 12.7. The standard InChI is InChI=1S/C30H38O12/c1-3-39-22(34)8-7-17-12-18-9-11-40-23(18)25(38-2)24(17)42-27-30(37)26(35)29(36,21(16-33)41-27)13-19-6-4-5-10-28(19,30)20(14-31)15-32/h4-6,9-12,19-21,26-27,31-33,35-37H,3,7-8,13-16H2,1-2H3/t19-,21-,26+,27-,28-,29-,30+/m1/s1. The molecule has 2 aromatic rings. The number of carbonyl (C=O) groups is 1. The summed E-state index contributed by atoms with van der Waals surface area (Å²) in [4.78, 5) is 12.3. The van der Waals surface area contributed by atoms with Crippen LogP contribution in [0.4, 0.5) is 0 Å². The number of hydrogen-bond donors (Lipinski definition) is 6. The van der Waals surface area contributed by atoms with Crippen LogP contribution in [0.2, 0.25) is 0 Å².